The summed E-state index contributed by atoms with van der Waals surface area (Å²) in [6, 6.07) is 13.1. The van der Waals surface area contributed by atoms with Crippen molar-refractivity contribution in [3.05, 3.63) is 66.2 Å². The number of halogens is 1. The Hall–Kier alpha value is -2.64. The lowest BCUT2D eigenvalue weighted by Crippen LogP contribution is -3.00. The average Bonchev–Trinajstić information content (AvgIpc) is 2.92. The number of nitrogens with zero attached hydrogens (tertiary/aromatic N) is 2. The number of ether oxygens (including phenoxy) is 2. The Balaban J connectivity index is 0.00000800. The SMILES string of the molecule is C=CCc1cccc(Oc2ccc(C(=O)CC)cc2)c1OCCC[N+](C)(C)CC(=O)N(CCCC)CCCC.[Br-]. The number of para-hydroxylation sites is 1. The highest BCUT2D eigenvalue weighted by Gasteiger charge is 2.24. The fourth-order valence-electron chi connectivity index (χ4n) is 4.43. The lowest BCUT2D eigenvalue weighted by Gasteiger charge is -2.32. The second-order valence-corrected chi connectivity index (χ2v) is 10.7. The Morgan fingerprint density at radius 1 is 0.950 bits per heavy atom. The molecular weight excluding hydrogens is 568 g/mol. The van der Waals surface area contributed by atoms with Crippen LogP contribution in [0.1, 0.15) is 75.2 Å². The van der Waals surface area contributed by atoms with Gasteiger partial charge in [0.25, 0.3) is 5.91 Å². The predicted octanol–water partition coefficient (Wildman–Crippen LogP) is 4.08. The molecule has 0 radical (unpaired) electrons. The van der Waals surface area contributed by atoms with Crippen LogP contribution in [0.15, 0.2) is 55.1 Å². The largest absolute Gasteiger partial charge is 1.00 e. The van der Waals surface area contributed by atoms with Gasteiger partial charge in [0.1, 0.15) is 5.75 Å². The van der Waals surface area contributed by atoms with Crippen molar-refractivity contribution in [2.24, 2.45) is 0 Å². The number of carbonyl (C=O) groups is 2. The molecular formula is C33H49BrN2O4. The van der Waals surface area contributed by atoms with Gasteiger partial charge in [0.2, 0.25) is 0 Å². The molecule has 0 unspecified atom stereocenters. The standard InChI is InChI=1S/C33H49N2O4.BrH/c1-7-11-22-34(23-12-8-2)32(37)26-35(5,6)24-14-25-38-33-28(15-9-3)16-13-17-31(33)39-29-20-18-27(19-21-29)30(36)10-4;/h9,13,16-21H,3,7-8,10-12,14-15,22-26H2,1-2,4-6H3;1H/q+1;/p-1. The molecule has 0 bridgehead atoms. The van der Waals surface area contributed by atoms with Crippen LogP contribution in [0.3, 0.4) is 0 Å². The van der Waals surface area contributed by atoms with E-state index >= 15 is 0 Å². The van der Waals surface area contributed by atoms with Crippen LogP contribution in [0.25, 0.3) is 0 Å². The molecule has 2 rings (SSSR count). The molecule has 0 saturated heterocycles. The quantitative estimate of drug-likeness (QED) is 0.103. The molecule has 0 N–H and O–H groups in total. The van der Waals surface area contributed by atoms with Gasteiger partial charge in [0.15, 0.2) is 23.8 Å². The molecule has 7 heteroatoms. The second-order valence-electron chi connectivity index (χ2n) is 10.7. The number of rotatable bonds is 19. The summed E-state index contributed by atoms with van der Waals surface area (Å²) in [6.07, 6.45) is 8.08. The van der Waals surface area contributed by atoms with E-state index in [9.17, 15) is 9.59 Å². The zero-order chi connectivity index (χ0) is 28.7. The highest BCUT2D eigenvalue weighted by atomic mass is 79.9. The van der Waals surface area contributed by atoms with Gasteiger partial charge < -0.3 is 35.8 Å². The van der Waals surface area contributed by atoms with Gasteiger partial charge in [0, 0.05) is 37.1 Å². The normalized spacial score (nSPS) is 10.9. The molecule has 0 aliphatic carbocycles. The van der Waals surface area contributed by atoms with E-state index in [-0.39, 0.29) is 28.7 Å². The number of likely N-dealkylation sites (N-methyl/N-ethyl adjacent to an activating group) is 1. The molecule has 0 aliphatic rings. The van der Waals surface area contributed by atoms with E-state index in [0.717, 1.165) is 57.3 Å². The third-order valence-corrected chi connectivity index (χ3v) is 6.78. The van der Waals surface area contributed by atoms with Crippen molar-refractivity contribution in [2.75, 3.05) is 46.9 Å². The molecule has 0 heterocycles. The number of Topliss-reactive ketones (excluding diaryl/α,β-unsaturated/α-hetero) is 1. The van der Waals surface area contributed by atoms with Gasteiger partial charge in [-0.05, 0) is 49.6 Å². The van der Waals surface area contributed by atoms with E-state index in [1.165, 1.54) is 0 Å². The van der Waals surface area contributed by atoms with Gasteiger partial charge in [-0.1, -0.05) is 51.8 Å². The topological polar surface area (TPSA) is 55.8 Å². The average molecular weight is 618 g/mol. The summed E-state index contributed by atoms with van der Waals surface area (Å²) in [7, 11) is 4.23. The van der Waals surface area contributed by atoms with Crippen molar-refractivity contribution in [1.82, 2.24) is 4.90 Å². The van der Waals surface area contributed by atoms with Crippen molar-refractivity contribution < 1.29 is 40.5 Å². The van der Waals surface area contributed by atoms with E-state index in [0.29, 0.717) is 53.3 Å². The number of amides is 1. The maximum Gasteiger partial charge on any atom is 0.277 e. The van der Waals surface area contributed by atoms with Crippen LogP contribution in [0.4, 0.5) is 0 Å². The number of allylic oxidation sites excluding steroid dienone is 1. The van der Waals surface area contributed by atoms with E-state index in [1.807, 2.05) is 48.2 Å². The molecule has 2 aromatic carbocycles. The van der Waals surface area contributed by atoms with Crippen LogP contribution in [-0.4, -0.2) is 68.0 Å². The van der Waals surface area contributed by atoms with E-state index < -0.39 is 0 Å². The maximum absolute atomic E-state index is 13.1. The van der Waals surface area contributed by atoms with Crippen LogP contribution in [0.2, 0.25) is 0 Å². The monoisotopic (exact) mass is 616 g/mol. The van der Waals surface area contributed by atoms with Crippen molar-refractivity contribution in [3.8, 4) is 17.2 Å². The van der Waals surface area contributed by atoms with Crippen molar-refractivity contribution in [2.45, 2.75) is 65.7 Å². The van der Waals surface area contributed by atoms with Crippen LogP contribution in [-0.2, 0) is 11.2 Å². The second kappa shape index (κ2) is 18.7. The fourth-order valence-corrected chi connectivity index (χ4v) is 4.43. The van der Waals surface area contributed by atoms with Crippen LogP contribution in [0.5, 0.6) is 17.2 Å². The Labute approximate surface area is 252 Å². The first-order valence-corrected chi connectivity index (χ1v) is 14.5. The summed E-state index contributed by atoms with van der Waals surface area (Å²) in [5.41, 5.74) is 1.69. The number of carbonyl (C=O) groups excluding carboxylic acids is 2. The molecule has 0 spiro atoms. The lowest BCUT2D eigenvalue weighted by atomic mass is 10.1. The molecule has 0 atom stereocenters. The third kappa shape index (κ3) is 11.8. The van der Waals surface area contributed by atoms with E-state index in [2.05, 4.69) is 34.5 Å². The van der Waals surface area contributed by atoms with Gasteiger partial charge in [-0.25, -0.2) is 0 Å². The minimum Gasteiger partial charge on any atom is -1.00 e. The maximum atomic E-state index is 13.1. The van der Waals surface area contributed by atoms with Crippen LogP contribution in [0, 0.1) is 0 Å². The lowest BCUT2D eigenvalue weighted by molar-refractivity contribution is -0.882. The summed E-state index contributed by atoms with van der Waals surface area (Å²) in [4.78, 5) is 27.1. The minimum absolute atomic E-state index is 0. The first-order chi connectivity index (χ1) is 18.7. The number of hydrogen-bond acceptors (Lipinski definition) is 4. The molecule has 40 heavy (non-hydrogen) atoms. The van der Waals surface area contributed by atoms with Crippen LogP contribution >= 0.6 is 0 Å². The molecule has 0 fully saturated rings. The van der Waals surface area contributed by atoms with Gasteiger partial charge in [-0.2, -0.15) is 0 Å². The van der Waals surface area contributed by atoms with Gasteiger partial charge in [-0.3, -0.25) is 9.59 Å². The Morgan fingerprint density at radius 2 is 1.60 bits per heavy atom. The first-order valence-electron chi connectivity index (χ1n) is 14.5. The molecule has 0 saturated carbocycles. The first kappa shape index (κ1) is 35.4. The predicted molar refractivity (Wildman–Crippen MR) is 160 cm³/mol. The molecule has 0 aromatic heterocycles. The van der Waals surface area contributed by atoms with Crippen molar-refractivity contribution >= 4 is 11.7 Å². The number of unbranched alkanes of at least 4 members (excludes halogenated alkanes) is 2. The zero-order valence-corrected chi connectivity index (χ0v) is 26.8. The summed E-state index contributed by atoms with van der Waals surface area (Å²) in [5.74, 6) is 2.33. The number of quaternary nitrogens is 1. The molecule has 1 amide bonds. The molecule has 222 valence electrons. The van der Waals surface area contributed by atoms with Crippen LogP contribution < -0.4 is 26.5 Å². The van der Waals surface area contributed by atoms with Gasteiger partial charge in [-0.15, -0.1) is 6.58 Å². The Kier molecular flexibility index (Phi) is 16.5. The minimum atomic E-state index is 0. The summed E-state index contributed by atoms with van der Waals surface area (Å²) < 4.78 is 13.1. The van der Waals surface area contributed by atoms with E-state index in [1.54, 1.807) is 12.1 Å². The van der Waals surface area contributed by atoms with Crippen molar-refractivity contribution in [1.29, 1.82) is 0 Å². The van der Waals surface area contributed by atoms with Gasteiger partial charge >= 0.3 is 0 Å². The number of hydrogen-bond donors (Lipinski definition) is 0. The Bertz CT molecular complexity index is 1040. The highest BCUT2D eigenvalue weighted by molar-refractivity contribution is 5.95. The summed E-state index contributed by atoms with van der Waals surface area (Å²) in [5, 5.41) is 0. The van der Waals surface area contributed by atoms with Crippen molar-refractivity contribution in [3.63, 3.8) is 0 Å². The third-order valence-electron chi connectivity index (χ3n) is 6.78. The summed E-state index contributed by atoms with van der Waals surface area (Å²) >= 11 is 0. The zero-order valence-electron chi connectivity index (χ0n) is 25.2. The van der Waals surface area contributed by atoms with Gasteiger partial charge in [0.05, 0.1) is 27.2 Å². The molecule has 0 aliphatic heterocycles. The molecule has 6 nitrogen and oxygen atoms in total. The summed E-state index contributed by atoms with van der Waals surface area (Å²) in [6.45, 7) is 13.6. The molecule has 2 aromatic rings. The number of benzene rings is 2. The Morgan fingerprint density at radius 3 is 2.17 bits per heavy atom. The fraction of sp³-hybridized carbons (Fsp3) is 0.515. The van der Waals surface area contributed by atoms with E-state index in [4.69, 9.17) is 9.47 Å². The number of ketones is 1. The smallest absolute Gasteiger partial charge is 0.277 e. The highest BCUT2D eigenvalue weighted by Crippen LogP contribution is 2.35.